The molecule has 3 rings (SSSR count). The van der Waals surface area contributed by atoms with Crippen LogP contribution < -0.4 is 0 Å². The van der Waals surface area contributed by atoms with Crippen LogP contribution in [0, 0.1) is 5.92 Å². The van der Waals surface area contributed by atoms with Gasteiger partial charge < -0.3 is 4.74 Å². The van der Waals surface area contributed by atoms with Gasteiger partial charge in [-0.2, -0.15) is 5.10 Å². The Morgan fingerprint density at radius 1 is 1.42 bits per heavy atom. The fourth-order valence-electron chi connectivity index (χ4n) is 3.24. The van der Waals surface area contributed by atoms with E-state index < -0.39 is 0 Å². The molecule has 0 aliphatic carbocycles. The second-order valence-electron chi connectivity index (χ2n) is 7.15. The molecule has 0 aromatic carbocycles. The van der Waals surface area contributed by atoms with E-state index in [9.17, 15) is 0 Å². The average molecular weight is 328 g/mol. The summed E-state index contributed by atoms with van der Waals surface area (Å²) in [5.74, 6) is 0.640. The van der Waals surface area contributed by atoms with Gasteiger partial charge in [0.25, 0.3) is 0 Å². The van der Waals surface area contributed by atoms with Crippen molar-refractivity contribution in [2.45, 2.75) is 52.4 Å². The molecule has 0 spiro atoms. The third-order valence-corrected chi connectivity index (χ3v) is 4.37. The molecule has 2 aromatic heterocycles. The van der Waals surface area contributed by atoms with Gasteiger partial charge in [-0.3, -0.25) is 15.0 Å². The SMILES string of the molecule is CC(C)Cc1cc(CN2CCC[C@@H](OCc3cccnc3)C2)[nH]n1. The monoisotopic (exact) mass is 328 g/mol. The van der Waals surface area contributed by atoms with Gasteiger partial charge in [-0.1, -0.05) is 19.9 Å². The molecular weight excluding hydrogens is 300 g/mol. The van der Waals surface area contributed by atoms with Gasteiger partial charge in [0.15, 0.2) is 0 Å². The number of aromatic nitrogens is 3. The zero-order chi connectivity index (χ0) is 16.8. The fraction of sp³-hybridized carbons (Fsp3) is 0.579. The summed E-state index contributed by atoms with van der Waals surface area (Å²) in [5, 5.41) is 7.62. The predicted molar refractivity (Wildman–Crippen MR) is 94.5 cm³/mol. The van der Waals surface area contributed by atoms with Gasteiger partial charge in [0.05, 0.1) is 18.4 Å². The number of hydrogen-bond acceptors (Lipinski definition) is 4. The van der Waals surface area contributed by atoms with Crippen molar-refractivity contribution in [1.82, 2.24) is 20.1 Å². The van der Waals surface area contributed by atoms with Gasteiger partial charge in [-0.05, 0) is 49.4 Å². The second-order valence-corrected chi connectivity index (χ2v) is 7.15. The normalized spacial score (nSPS) is 19.0. The smallest absolute Gasteiger partial charge is 0.0736 e. The van der Waals surface area contributed by atoms with E-state index in [0.29, 0.717) is 18.6 Å². The highest BCUT2D eigenvalue weighted by Gasteiger charge is 2.21. The molecule has 1 fully saturated rings. The first-order chi connectivity index (χ1) is 11.7. The summed E-state index contributed by atoms with van der Waals surface area (Å²) in [6.07, 6.45) is 7.33. The van der Waals surface area contributed by atoms with Crippen molar-refractivity contribution in [3.8, 4) is 0 Å². The number of pyridine rings is 1. The molecule has 0 bridgehead atoms. The number of hydrogen-bond donors (Lipinski definition) is 1. The zero-order valence-electron chi connectivity index (χ0n) is 14.7. The molecular formula is C19H28N4O. The molecule has 1 saturated heterocycles. The topological polar surface area (TPSA) is 54.0 Å². The zero-order valence-corrected chi connectivity index (χ0v) is 14.7. The number of aromatic amines is 1. The van der Waals surface area contributed by atoms with E-state index in [0.717, 1.165) is 38.0 Å². The Bertz CT molecular complexity index is 611. The summed E-state index contributed by atoms with van der Waals surface area (Å²) in [4.78, 5) is 6.60. The lowest BCUT2D eigenvalue weighted by molar-refractivity contribution is -0.0124. The van der Waals surface area contributed by atoms with Crippen LogP contribution in [0.3, 0.4) is 0 Å². The van der Waals surface area contributed by atoms with Crippen molar-refractivity contribution in [1.29, 1.82) is 0 Å². The highest BCUT2D eigenvalue weighted by Crippen LogP contribution is 2.17. The number of likely N-dealkylation sites (tertiary alicyclic amines) is 1. The summed E-state index contributed by atoms with van der Waals surface area (Å²) in [6.45, 7) is 8.14. The summed E-state index contributed by atoms with van der Waals surface area (Å²) in [5.41, 5.74) is 3.52. The summed E-state index contributed by atoms with van der Waals surface area (Å²) < 4.78 is 6.09. The first-order valence-corrected chi connectivity index (χ1v) is 8.95. The van der Waals surface area contributed by atoms with Crippen LogP contribution in [0.2, 0.25) is 0 Å². The van der Waals surface area contributed by atoms with Crippen molar-refractivity contribution in [2.75, 3.05) is 13.1 Å². The van der Waals surface area contributed by atoms with E-state index in [1.807, 2.05) is 12.3 Å². The van der Waals surface area contributed by atoms with Crippen molar-refractivity contribution in [3.05, 3.63) is 47.5 Å². The van der Waals surface area contributed by atoms with Crippen LogP contribution in [0.15, 0.2) is 30.6 Å². The van der Waals surface area contributed by atoms with Gasteiger partial charge in [-0.25, -0.2) is 0 Å². The minimum absolute atomic E-state index is 0.303. The number of piperidine rings is 1. The lowest BCUT2D eigenvalue weighted by Gasteiger charge is -2.32. The van der Waals surface area contributed by atoms with E-state index in [1.54, 1.807) is 6.20 Å². The second kappa shape index (κ2) is 8.40. The highest BCUT2D eigenvalue weighted by atomic mass is 16.5. The molecule has 1 aliphatic heterocycles. The molecule has 5 nitrogen and oxygen atoms in total. The molecule has 0 saturated carbocycles. The van der Waals surface area contributed by atoms with E-state index in [2.05, 4.69) is 46.1 Å². The van der Waals surface area contributed by atoms with Gasteiger partial charge >= 0.3 is 0 Å². The molecule has 2 aromatic rings. The molecule has 5 heteroatoms. The molecule has 0 radical (unpaired) electrons. The molecule has 130 valence electrons. The van der Waals surface area contributed by atoms with E-state index >= 15 is 0 Å². The number of nitrogens with one attached hydrogen (secondary N) is 1. The Hall–Kier alpha value is -1.72. The van der Waals surface area contributed by atoms with Crippen LogP contribution in [-0.2, 0) is 24.3 Å². The van der Waals surface area contributed by atoms with Gasteiger partial charge in [0, 0.05) is 31.2 Å². The average Bonchev–Trinajstić information content (AvgIpc) is 3.00. The van der Waals surface area contributed by atoms with E-state index in [-0.39, 0.29) is 0 Å². The van der Waals surface area contributed by atoms with Crippen LogP contribution in [0.25, 0.3) is 0 Å². The lowest BCUT2D eigenvalue weighted by Crippen LogP contribution is -2.39. The number of H-pyrrole nitrogens is 1. The maximum absolute atomic E-state index is 6.09. The molecule has 0 unspecified atom stereocenters. The lowest BCUT2D eigenvalue weighted by atomic mass is 10.1. The van der Waals surface area contributed by atoms with Crippen molar-refractivity contribution in [3.63, 3.8) is 0 Å². The fourth-order valence-corrected chi connectivity index (χ4v) is 3.24. The standard InChI is InChI=1S/C19H28N4O/c1-15(2)9-17-10-18(22-21-17)12-23-8-4-6-19(13-23)24-14-16-5-3-7-20-11-16/h3,5,7,10-11,15,19H,4,6,8-9,12-14H2,1-2H3,(H,21,22)/t19-/m1/s1. The van der Waals surface area contributed by atoms with Crippen LogP contribution in [0.4, 0.5) is 0 Å². The predicted octanol–water partition coefficient (Wildman–Crippen LogP) is 3.18. The van der Waals surface area contributed by atoms with Crippen molar-refractivity contribution in [2.24, 2.45) is 5.92 Å². The summed E-state index contributed by atoms with van der Waals surface area (Å²) in [7, 11) is 0. The quantitative estimate of drug-likeness (QED) is 0.848. The van der Waals surface area contributed by atoms with E-state index in [4.69, 9.17) is 4.74 Å². The number of ether oxygens (including phenoxy) is 1. The first kappa shape index (κ1) is 17.1. The first-order valence-electron chi connectivity index (χ1n) is 8.95. The molecule has 0 amide bonds. The molecule has 1 aliphatic rings. The minimum atomic E-state index is 0.303. The molecule has 1 N–H and O–H groups in total. The van der Waals surface area contributed by atoms with Crippen LogP contribution >= 0.6 is 0 Å². The van der Waals surface area contributed by atoms with Crippen LogP contribution in [0.1, 0.15) is 43.6 Å². The van der Waals surface area contributed by atoms with Crippen LogP contribution in [-0.4, -0.2) is 39.3 Å². The summed E-state index contributed by atoms with van der Waals surface area (Å²) in [6, 6.07) is 6.23. The minimum Gasteiger partial charge on any atom is -0.372 e. The highest BCUT2D eigenvalue weighted by molar-refractivity contribution is 5.09. The third kappa shape index (κ3) is 5.14. The third-order valence-electron chi connectivity index (χ3n) is 4.37. The van der Waals surface area contributed by atoms with Crippen molar-refractivity contribution < 1.29 is 4.74 Å². The van der Waals surface area contributed by atoms with Gasteiger partial charge in [0.2, 0.25) is 0 Å². The Kier molecular flexibility index (Phi) is 5.99. The summed E-state index contributed by atoms with van der Waals surface area (Å²) >= 11 is 0. The molecule has 3 heterocycles. The molecule has 24 heavy (non-hydrogen) atoms. The Morgan fingerprint density at radius 3 is 3.12 bits per heavy atom. The van der Waals surface area contributed by atoms with Gasteiger partial charge in [0.1, 0.15) is 0 Å². The maximum Gasteiger partial charge on any atom is 0.0736 e. The Labute approximate surface area is 144 Å². The number of rotatable bonds is 7. The molecule has 1 atom stereocenters. The van der Waals surface area contributed by atoms with Crippen molar-refractivity contribution >= 4 is 0 Å². The van der Waals surface area contributed by atoms with Gasteiger partial charge in [-0.15, -0.1) is 0 Å². The maximum atomic E-state index is 6.09. The van der Waals surface area contributed by atoms with Crippen LogP contribution in [0.5, 0.6) is 0 Å². The number of nitrogens with zero attached hydrogens (tertiary/aromatic N) is 3. The van der Waals surface area contributed by atoms with E-state index in [1.165, 1.54) is 17.8 Å². The Balaban J connectivity index is 1.47. The largest absolute Gasteiger partial charge is 0.372 e. The Morgan fingerprint density at radius 2 is 2.33 bits per heavy atom.